The van der Waals surface area contributed by atoms with E-state index in [9.17, 15) is 14.4 Å². The molecule has 3 amide bonds. The van der Waals surface area contributed by atoms with Crippen LogP contribution in [0.4, 0.5) is 5.69 Å². The smallest absolute Gasteiger partial charge is 0.255 e. The lowest BCUT2D eigenvalue weighted by Crippen LogP contribution is -2.48. The van der Waals surface area contributed by atoms with E-state index in [0.29, 0.717) is 35.8 Å². The molecule has 1 atom stereocenters. The fourth-order valence-corrected chi connectivity index (χ4v) is 4.12. The molecule has 0 saturated carbocycles. The van der Waals surface area contributed by atoms with E-state index in [-0.39, 0.29) is 23.6 Å². The Morgan fingerprint density at radius 1 is 1.07 bits per heavy atom. The van der Waals surface area contributed by atoms with Crippen LogP contribution in [0.5, 0.6) is 0 Å². The molecule has 1 aromatic carbocycles. The van der Waals surface area contributed by atoms with E-state index >= 15 is 0 Å². The first-order valence-corrected chi connectivity index (χ1v) is 10.5. The van der Waals surface area contributed by atoms with Crippen LogP contribution in [0.25, 0.3) is 0 Å². The van der Waals surface area contributed by atoms with Gasteiger partial charge in [0.15, 0.2) is 0 Å². The van der Waals surface area contributed by atoms with Gasteiger partial charge >= 0.3 is 0 Å². The Morgan fingerprint density at radius 2 is 1.79 bits per heavy atom. The van der Waals surface area contributed by atoms with Crippen molar-refractivity contribution < 1.29 is 14.4 Å². The SMILES string of the molecule is CCC(=O)Nc1cc(Cl)ccc1C(=O)N1CCCC(C(=O)N2CCCCC2)C1. The Balaban J connectivity index is 1.73. The second-order valence-electron chi connectivity index (χ2n) is 7.57. The molecule has 2 aliphatic heterocycles. The summed E-state index contributed by atoms with van der Waals surface area (Å²) in [4.78, 5) is 41.5. The quantitative estimate of drug-likeness (QED) is 0.832. The number of piperidine rings is 2. The van der Waals surface area contributed by atoms with Gasteiger partial charge < -0.3 is 15.1 Å². The van der Waals surface area contributed by atoms with Crippen molar-refractivity contribution in [2.75, 3.05) is 31.5 Å². The van der Waals surface area contributed by atoms with Gasteiger partial charge in [-0.25, -0.2) is 0 Å². The minimum absolute atomic E-state index is 0.142. The van der Waals surface area contributed by atoms with Gasteiger partial charge in [-0.05, 0) is 50.3 Å². The van der Waals surface area contributed by atoms with Crippen LogP contribution in [-0.2, 0) is 9.59 Å². The topological polar surface area (TPSA) is 69.7 Å². The van der Waals surface area contributed by atoms with Crippen LogP contribution in [0.2, 0.25) is 5.02 Å². The Labute approximate surface area is 171 Å². The molecule has 1 aromatic rings. The number of hydrogen-bond acceptors (Lipinski definition) is 3. The maximum absolute atomic E-state index is 13.2. The van der Waals surface area contributed by atoms with E-state index in [1.807, 2.05) is 4.90 Å². The number of hydrogen-bond donors (Lipinski definition) is 1. The first-order chi connectivity index (χ1) is 13.5. The van der Waals surface area contributed by atoms with Gasteiger partial charge in [0.2, 0.25) is 11.8 Å². The number of likely N-dealkylation sites (tertiary alicyclic amines) is 2. The van der Waals surface area contributed by atoms with Gasteiger partial charge in [0, 0.05) is 37.6 Å². The average molecular weight is 406 g/mol. The zero-order chi connectivity index (χ0) is 20.1. The molecule has 2 aliphatic rings. The highest BCUT2D eigenvalue weighted by Crippen LogP contribution is 2.26. The number of carbonyl (C=O) groups excluding carboxylic acids is 3. The molecule has 0 radical (unpaired) electrons. The Hall–Kier alpha value is -2.08. The van der Waals surface area contributed by atoms with Gasteiger partial charge in [0.1, 0.15) is 0 Å². The number of benzene rings is 1. The van der Waals surface area contributed by atoms with Crippen molar-refractivity contribution in [2.24, 2.45) is 5.92 Å². The molecule has 0 bridgehead atoms. The number of nitrogens with zero attached hydrogens (tertiary/aromatic N) is 2. The van der Waals surface area contributed by atoms with Gasteiger partial charge in [0.05, 0.1) is 17.2 Å². The molecule has 3 rings (SSSR count). The predicted octanol–water partition coefficient (Wildman–Crippen LogP) is 3.55. The highest BCUT2D eigenvalue weighted by atomic mass is 35.5. The largest absolute Gasteiger partial charge is 0.342 e. The van der Waals surface area contributed by atoms with Gasteiger partial charge in [-0.15, -0.1) is 0 Å². The fraction of sp³-hybridized carbons (Fsp3) is 0.571. The Bertz CT molecular complexity index is 746. The van der Waals surface area contributed by atoms with Gasteiger partial charge in [0.25, 0.3) is 5.91 Å². The number of halogens is 1. The molecule has 152 valence electrons. The third-order valence-corrected chi connectivity index (χ3v) is 5.77. The number of amides is 3. The third kappa shape index (κ3) is 4.85. The van der Waals surface area contributed by atoms with Crippen molar-refractivity contribution in [1.29, 1.82) is 0 Å². The van der Waals surface area contributed by atoms with Crippen LogP contribution < -0.4 is 5.32 Å². The number of nitrogens with one attached hydrogen (secondary N) is 1. The predicted molar refractivity (Wildman–Crippen MR) is 109 cm³/mol. The minimum atomic E-state index is -0.173. The summed E-state index contributed by atoms with van der Waals surface area (Å²) in [5.74, 6) is -0.308. The van der Waals surface area contributed by atoms with Crippen LogP contribution in [0.15, 0.2) is 18.2 Å². The molecule has 7 heteroatoms. The maximum atomic E-state index is 13.2. The average Bonchev–Trinajstić information content (AvgIpc) is 2.73. The van der Waals surface area contributed by atoms with E-state index in [1.54, 1.807) is 30.0 Å². The Kier molecular flexibility index (Phi) is 6.94. The van der Waals surface area contributed by atoms with Gasteiger partial charge in [-0.1, -0.05) is 18.5 Å². The summed E-state index contributed by atoms with van der Waals surface area (Å²) in [6.07, 6.45) is 5.25. The zero-order valence-electron chi connectivity index (χ0n) is 16.4. The van der Waals surface area contributed by atoms with Crippen LogP contribution >= 0.6 is 11.6 Å². The second kappa shape index (κ2) is 9.41. The molecular formula is C21H28ClN3O3. The van der Waals surface area contributed by atoms with Crippen molar-refractivity contribution in [3.63, 3.8) is 0 Å². The van der Waals surface area contributed by atoms with Crippen LogP contribution in [0.1, 0.15) is 55.8 Å². The lowest BCUT2D eigenvalue weighted by Gasteiger charge is -2.36. The first-order valence-electron chi connectivity index (χ1n) is 10.2. The monoisotopic (exact) mass is 405 g/mol. The molecular weight excluding hydrogens is 378 g/mol. The minimum Gasteiger partial charge on any atom is -0.342 e. The third-order valence-electron chi connectivity index (χ3n) is 5.53. The summed E-state index contributed by atoms with van der Waals surface area (Å²) < 4.78 is 0. The normalized spacial score (nSPS) is 20.0. The van der Waals surface area contributed by atoms with Crippen molar-refractivity contribution in [3.8, 4) is 0 Å². The summed E-state index contributed by atoms with van der Waals surface area (Å²) >= 11 is 6.06. The fourth-order valence-electron chi connectivity index (χ4n) is 3.95. The molecule has 28 heavy (non-hydrogen) atoms. The van der Waals surface area contributed by atoms with Crippen LogP contribution in [0, 0.1) is 5.92 Å². The molecule has 2 heterocycles. The first kappa shape index (κ1) is 20.6. The number of carbonyl (C=O) groups is 3. The summed E-state index contributed by atoms with van der Waals surface area (Å²) in [6.45, 7) is 4.45. The van der Waals surface area contributed by atoms with Crippen molar-refractivity contribution >= 4 is 35.0 Å². The van der Waals surface area contributed by atoms with E-state index in [1.165, 1.54) is 6.42 Å². The second-order valence-corrected chi connectivity index (χ2v) is 8.00. The van der Waals surface area contributed by atoms with Crippen molar-refractivity contribution in [1.82, 2.24) is 9.80 Å². The molecule has 1 N–H and O–H groups in total. The van der Waals surface area contributed by atoms with Gasteiger partial charge in [-0.2, -0.15) is 0 Å². The van der Waals surface area contributed by atoms with Crippen molar-refractivity contribution in [3.05, 3.63) is 28.8 Å². The molecule has 0 spiro atoms. The standard InChI is InChI=1S/C21H28ClN3O3/c1-2-19(26)23-18-13-16(22)8-9-17(18)21(28)25-12-6-7-15(14-25)20(27)24-10-4-3-5-11-24/h8-9,13,15H,2-7,10-12,14H2,1H3,(H,23,26). The van der Waals surface area contributed by atoms with E-state index in [0.717, 1.165) is 38.8 Å². The van der Waals surface area contributed by atoms with Crippen molar-refractivity contribution in [2.45, 2.75) is 45.4 Å². The van der Waals surface area contributed by atoms with E-state index < -0.39 is 0 Å². The molecule has 0 aliphatic carbocycles. The lowest BCUT2D eigenvalue weighted by molar-refractivity contribution is -0.137. The number of rotatable bonds is 4. The number of anilines is 1. The lowest BCUT2D eigenvalue weighted by atomic mass is 9.94. The molecule has 2 saturated heterocycles. The van der Waals surface area contributed by atoms with Crippen LogP contribution in [0.3, 0.4) is 0 Å². The highest BCUT2D eigenvalue weighted by Gasteiger charge is 2.32. The summed E-state index contributed by atoms with van der Waals surface area (Å²) in [5, 5.41) is 3.22. The Morgan fingerprint density at radius 3 is 2.50 bits per heavy atom. The highest BCUT2D eigenvalue weighted by molar-refractivity contribution is 6.31. The molecule has 2 fully saturated rings. The van der Waals surface area contributed by atoms with E-state index in [4.69, 9.17) is 11.6 Å². The molecule has 6 nitrogen and oxygen atoms in total. The summed E-state index contributed by atoms with van der Waals surface area (Å²) in [5.41, 5.74) is 0.839. The van der Waals surface area contributed by atoms with Gasteiger partial charge in [-0.3, -0.25) is 14.4 Å². The summed E-state index contributed by atoms with van der Waals surface area (Å²) in [6, 6.07) is 4.89. The summed E-state index contributed by atoms with van der Waals surface area (Å²) in [7, 11) is 0. The van der Waals surface area contributed by atoms with E-state index in [2.05, 4.69) is 5.32 Å². The maximum Gasteiger partial charge on any atom is 0.255 e. The zero-order valence-corrected chi connectivity index (χ0v) is 17.1. The van der Waals surface area contributed by atoms with Crippen LogP contribution in [-0.4, -0.2) is 53.7 Å². The molecule has 0 aromatic heterocycles. The molecule has 1 unspecified atom stereocenters.